The Morgan fingerprint density at radius 3 is 2.67 bits per heavy atom. The highest BCUT2D eigenvalue weighted by Gasteiger charge is 2.29. The fourth-order valence-corrected chi connectivity index (χ4v) is 3.45. The van der Waals surface area contributed by atoms with Crippen LogP contribution < -0.4 is 5.73 Å². The average Bonchev–Trinajstić information content (AvgIpc) is 2.87. The van der Waals surface area contributed by atoms with Crippen molar-refractivity contribution in [3.05, 3.63) is 12.2 Å². The summed E-state index contributed by atoms with van der Waals surface area (Å²) in [4.78, 5) is 4.39. The highest BCUT2D eigenvalue weighted by molar-refractivity contribution is 4.94. The zero-order valence-corrected chi connectivity index (χ0v) is 13.7. The van der Waals surface area contributed by atoms with Crippen LogP contribution in [0.25, 0.3) is 0 Å². The Morgan fingerprint density at radius 2 is 2.05 bits per heavy atom. The molecule has 0 saturated heterocycles. The smallest absolute Gasteiger partial charge is 0.138 e. The van der Waals surface area contributed by atoms with Crippen LogP contribution in [0.3, 0.4) is 0 Å². The van der Waals surface area contributed by atoms with E-state index in [1.807, 2.05) is 4.68 Å². The van der Waals surface area contributed by atoms with Crippen LogP contribution in [-0.4, -0.2) is 34.0 Å². The number of aromatic nitrogens is 3. The molecule has 5 nitrogen and oxygen atoms in total. The molecule has 120 valence electrons. The molecule has 0 radical (unpaired) electrons. The zero-order valence-electron chi connectivity index (χ0n) is 13.7. The Balaban J connectivity index is 1.98. The number of ether oxygens (including phenoxy) is 1. The van der Waals surface area contributed by atoms with E-state index in [4.69, 9.17) is 10.5 Å². The fourth-order valence-electron chi connectivity index (χ4n) is 3.45. The van der Waals surface area contributed by atoms with Gasteiger partial charge in [-0.2, -0.15) is 5.10 Å². The summed E-state index contributed by atoms with van der Waals surface area (Å²) in [6.07, 6.45) is 8.95. The van der Waals surface area contributed by atoms with Gasteiger partial charge in [0.1, 0.15) is 12.2 Å². The highest BCUT2D eigenvalue weighted by Crippen LogP contribution is 2.29. The molecule has 1 aliphatic carbocycles. The molecule has 1 aromatic rings. The molecule has 0 bridgehead atoms. The zero-order chi connectivity index (χ0) is 15.2. The van der Waals surface area contributed by atoms with E-state index in [-0.39, 0.29) is 12.1 Å². The molecule has 21 heavy (non-hydrogen) atoms. The highest BCUT2D eigenvalue weighted by atomic mass is 16.5. The number of methoxy groups -OCH3 is 1. The second-order valence-electron chi connectivity index (χ2n) is 6.72. The Labute approximate surface area is 128 Å². The van der Waals surface area contributed by atoms with Gasteiger partial charge in [-0.3, -0.25) is 0 Å². The first-order valence-corrected chi connectivity index (χ1v) is 8.27. The predicted octanol–water partition coefficient (Wildman–Crippen LogP) is 2.40. The molecule has 2 atom stereocenters. The summed E-state index contributed by atoms with van der Waals surface area (Å²) in [7, 11) is 1.79. The van der Waals surface area contributed by atoms with Crippen molar-refractivity contribution in [2.45, 2.75) is 71.1 Å². The van der Waals surface area contributed by atoms with Gasteiger partial charge in [-0.05, 0) is 24.7 Å². The molecule has 0 aromatic carbocycles. The molecule has 5 heteroatoms. The van der Waals surface area contributed by atoms with Crippen molar-refractivity contribution in [2.24, 2.45) is 17.6 Å². The van der Waals surface area contributed by atoms with Gasteiger partial charge in [-0.1, -0.05) is 33.1 Å². The van der Waals surface area contributed by atoms with Crippen molar-refractivity contribution in [1.29, 1.82) is 0 Å². The number of hydrogen-bond acceptors (Lipinski definition) is 4. The van der Waals surface area contributed by atoms with E-state index in [2.05, 4.69) is 23.9 Å². The van der Waals surface area contributed by atoms with E-state index in [1.54, 1.807) is 13.4 Å². The first-order valence-electron chi connectivity index (χ1n) is 8.27. The molecule has 1 aromatic heterocycles. The molecule has 2 N–H and O–H groups in total. The molecular formula is C16H30N4O. The Morgan fingerprint density at radius 1 is 1.33 bits per heavy atom. The van der Waals surface area contributed by atoms with Crippen LogP contribution in [0, 0.1) is 11.8 Å². The van der Waals surface area contributed by atoms with E-state index in [9.17, 15) is 0 Å². The second-order valence-corrected chi connectivity index (χ2v) is 6.72. The van der Waals surface area contributed by atoms with Crippen LogP contribution in [-0.2, 0) is 17.7 Å². The molecule has 1 heterocycles. The maximum Gasteiger partial charge on any atom is 0.138 e. The molecule has 0 aliphatic heterocycles. The van der Waals surface area contributed by atoms with Gasteiger partial charge in [0.2, 0.25) is 0 Å². The molecular weight excluding hydrogens is 264 g/mol. The van der Waals surface area contributed by atoms with Gasteiger partial charge in [-0.25, -0.2) is 9.67 Å². The Hall–Kier alpha value is -0.940. The van der Waals surface area contributed by atoms with Crippen molar-refractivity contribution < 1.29 is 4.74 Å². The number of nitrogens with zero attached hydrogens (tertiary/aromatic N) is 3. The number of rotatable bonds is 7. The average molecular weight is 294 g/mol. The van der Waals surface area contributed by atoms with Crippen LogP contribution in [0.1, 0.15) is 51.8 Å². The minimum absolute atomic E-state index is 0.00628. The lowest BCUT2D eigenvalue weighted by Crippen LogP contribution is -2.44. The lowest BCUT2D eigenvalue weighted by atomic mass is 9.82. The van der Waals surface area contributed by atoms with E-state index in [0.29, 0.717) is 11.8 Å². The minimum atomic E-state index is -0.00628. The van der Waals surface area contributed by atoms with E-state index < -0.39 is 0 Å². The van der Waals surface area contributed by atoms with Crippen molar-refractivity contribution in [2.75, 3.05) is 7.11 Å². The molecule has 1 saturated carbocycles. The number of nitrogens with two attached hydrogens (primary N) is 1. The van der Waals surface area contributed by atoms with E-state index in [0.717, 1.165) is 18.8 Å². The molecule has 2 rings (SSSR count). The minimum Gasteiger partial charge on any atom is -0.380 e. The summed E-state index contributed by atoms with van der Waals surface area (Å²) in [5, 5.41) is 4.32. The standard InChI is InChI=1S/C16H30N4O/c1-12(2)10-20-15(18-11-19-20)9-14(17)16(21-3)13-7-5-4-6-8-13/h11-14,16H,4-10,17H2,1-3H3. The van der Waals surface area contributed by atoms with Gasteiger partial charge >= 0.3 is 0 Å². The van der Waals surface area contributed by atoms with Crippen molar-refractivity contribution in [3.63, 3.8) is 0 Å². The Bertz CT molecular complexity index is 412. The summed E-state index contributed by atoms with van der Waals surface area (Å²) in [5.41, 5.74) is 6.44. The maximum absolute atomic E-state index is 6.44. The first-order chi connectivity index (χ1) is 10.1. The summed E-state index contributed by atoms with van der Waals surface area (Å²) in [6, 6.07) is -0.00628. The van der Waals surface area contributed by atoms with Crippen LogP contribution >= 0.6 is 0 Å². The van der Waals surface area contributed by atoms with Crippen molar-refractivity contribution in [3.8, 4) is 0 Å². The van der Waals surface area contributed by atoms with E-state index >= 15 is 0 Å². The molecule has 2 unspecified atom stereocenters. The van der Waals surface area contributed by atoms with E-state index in [1.165, 1.54) is 32.1 Å². The fraction of sp³-hybridized carbons (Fsp3) is 0.875. The van der Waals surface area contributed by atoms with Gasteiger partial charge < -0.3 is 10.5 Å². The largest absolute Gasteiger partial charge is 0.380 e. The molecule has 1 aliphatic rings. The van der Waals surface area contributed by atoms with Crippen molar-refractivity contribution >= 4 is 0 Å². The third kappa shape index (κ3) is 4.51. The van der Waals surface area contributed by atoms with Crippen LogP contribution in [0.15, 0.2) is 6.33 Å². The third-order valence-electron chi connectivity index (χ3n) is 4.46. The van der Waals surface area contributed by atoms with Gasteiger partial charge in [0, 0.05) is 26.1 Å². The first kappa shape index (κ1) is 16.4. The molecule has 0 spiro atoms. The lowest BCUT2D eigenvalue weighted by molar-refractivity contribution is 0.0172. The topological polar surface area (TPSA) is 66.0 Å². The maximum atomic E-state index is 6.44. The SMILES string of the molecule is COC(C(N)Cc1ncnn1CC(C)C)C1CCCCC1. The van der Waals surface area contributed by atoms with Crippen molar-refractivity contribution in [1.82, 2.24) is 14.8 Å². The van der Waals surface area contributed by atoms with Gasteiger partial charge in [-0.15, -0.1) is 0 Å². The monoisotopic (exact) mass is 294 g/mol. The van der Waals surface area contributed by atoms with Crippen LogP contribution in [0.4, 0.5) is 0 Å². The van der Waals surface area contributed by atoms with Gasteiger partial charge in [0.05, 0.1) is 6.10 Å². The number of hydrogen-bond donors (Lipinski definition) is 1. The summed E-state index contributed by atoms with van der Waals surface area (Å²) < 4.78 is 7.72. The Kier molecular flexibility index (Phi) is 6.18. The summed E-state index contributed by atoms with van der Waals surface area (Å²) in [6.45, 7) is 5.26. The van der Waals surface area contributed by atoms with Gasteiger partial charge in [0.25, 0.3) is 0 Å². The predicted molar refractivity (Wildman–Crippen MR) is 83.9 cm³/mol. The van der Waals surface area contributed by atoms with Gasteiger partial charge in [0.15, 0.2) is 0 Å². The summed E-state index contributed by atoms with van der Waals surface area (Å²) in [5.74, 6) is 2.13. The lowest BCUT2D eigenvalue weighted by Gasteiger charge is -2.33. The third-order valence-corrected chi connectivity index (χ3v) is 4.46. The van der Waals surface area contributed by atoms with Crippen LogP contribution in [0.5, 0.6) is 0 Å². The second kappa shape index (κ2) is 7.90. The summed E-state index contributed by atoms with van der Waals surface area (Å²) >= 11 is 0. The molecule has 0 amide bonds. The molecule has 1 fully saturated rings. The quantitative estimate of drug-likeness (QED) is 0.838. The van der Waals surface area contributed by atoms with Crippen LogP contribution in [0.2, 0.25) is 0 Å². The normalized spacial score (nSPS) is 19.9.